The monoisotopic (exact) mass is 384 g/mol. The molecule has 3 aromatic rings. The van der Waals surface area contributed by atoms with Gasteiger partial charge in [0.25, 0.3) is 5.91 Å². The van der Waals surface area contributed by atoms with Crippen LogP contribution in [0.5, 0.6) is 0 Å². The van der Waals surface area contributed by atoms with E-state index >= 15 is 0 Å². The number of fused-ring (bicyclic) bond motifs is 1. The number of hydrogen-bond acceptors (Lipinski definition) is 4. The number of hydrogen-bond donors (Lipinski definition) is 2. The lowest BCUT2D eigenvalue weighted by atomic mass is 10.2. The molecule has 2 aromatic heterocycles. The first-order chi connectivity index (χ1) is 11.1. The lowest BCUT2D eigenvalue weighted by Crippen LogP contribution is -2.28. The van der Waals surface area contributed by atoms with E-state index in [1.807, 2.05) is 41.9 Å². The van der Waals surface area contributed by atoms with Gasteiger partial charge in [0, 0.05) is 23.5 Å². The van der Waals surface area contributed by atoms with Crippen LogP contribution >= 0.6 is 35.3 Å². The summed E-state index contributed by atoms with van der Waals surface area (Å²) in [5, 5.41) is 9.10. The molecular weight excluding hydrogens is 367 g/mol. The van der Waals surface area contributed by atoms with E-state index in [1.54, 1.807) is 0 Å². The maximum atomic E-state index is 12.1. The molecular formula is C16H18Cl2N4OS. The highest BCUT2D eigenvalue weighted by Crippen LogP contribution is 2.29. The van der Waals surface area contributed by atoms with Crippen molar-refractivity contribution in [2.75, 3.05) is 13.1 Å². The van der Waals surface area contributed by atoms with Crippen molar-refractivity contribution in [3.05, 3.63) is 51.5 Å². The number of thiophene rings is 1. The molecule has 0 saturated carbocycles. The van der Waals surface area contributed by atoms with E-state index < -0.39 is 0 Å². The van der Waals surface area contributed by atoms with Gasteiger partial charge in [0.15, 0.2) is 0 Å². The van der Waals surface area contributed by atoms with E-state index in [1.165, 1.54) is 11.3 Å². The lowest BCUT2D eigenvalue weighted by molar-refractivity contribution is 0.0959. The summed E-state index contributed by atoms with van der Waals surface area (Å²) in [6, 6.07) is 9.59. The fourth-order valence-corrected chi connectivity index (χ4v) is 3.57. The Balaban J connectivity index is 0.00000208. The standard InChI is InChI=1S/C16H17ClN4OS.ClH/c1-10-13-8-14(15(22)19-7-6-18)23-16(13)21(20-10)9-11-2-4-12(17)5-3-11;/h2-5,8H,6-7,9,18H2,1H3,(H,19,22);1H. The van der Waals surface area contributed by atoms with Crippen molar-refractivity contribution >= 4 is 51.5 Å². The number of amides is 1. The van der Waals surface area contributed by atoms with Crippen LogP contribution in [0, 0.1) is 6.92 Å². The number of rotatable bonds is 5. The van der Waals surface area contributed by atoms with Crippen LogP contribution in [0.15, 0.2) is 30.3 Å². The molecule has 0 aliphatic carbocycles. The molecule has 0 atom stereocenters. The summed E-state index contributed by atoms with van der Waals surface area (Å²) in [6.07, 6.45) is 0. The number of halogens is 2. The second-order valence-corrected chi connectivity index (χ2v) is 6.71. The van der Waals surface area contributed by atoms with Crippen molar-refractivity contribution in [1.82, 2.24) is 15.1 Å². The first kappa shape index (κ1) is 18.7. The number of benzene rings is 1. The zero-order valence-electron chi connectivity index (χ0n) is 13.1. The summed E-state index contributed by atoms with van der Waals surface area (Å²) in [5.74, 6) is -0.0888. The Labute approximate surface area is 155 Å². The van der Waals surface area contributed by atoms with E-state index in [2.05, 4.69) is 10.4 Å². The van der Waals surface area contributed by atoms with Crippen LogP contribution in [0.3, 0.4) is 0 Å². The molecule has 128 valence electrons. The van der Waals surface area contributed by atoms with Crippen molar-refractivity contribution in [2.45, 2.75) is 13.5 Å². The maximum absolute atomic E-state index is 12.1. The average molecular weight is 385 g/mol. The first-order valence-corrected chi connectivity index (χ1v) is 8.47. The fraction of sp³-hybridized carbons (Fsp3) is 0.250. The zero-order valence-corrected chi connectivity index (χ0v) is 15.5. The van der Waals surface area contributed by atoms with E-state index in [4.69, 9.17) is 17.3 Å². The third-order valence-corrected chi connectivity index (χ3v) is 4.91. The lowest BCUT2D eigenvalue weighted by Gasteiger charge is -2.03. The maximum Gasteiger partial charge on any atom is 0.261 e. The minimum Gasteiger partial charge on any atom is -0.350 e. The van der Waals surface area contributed by atoms with Crippen LogP contribution in [-0.2, 0) is 6.54 Å². The first-order valence-electron chi connectivity index (χ1n) is 7.28. The fourth-order valence-electron chi connectivity index (χ4n) is 2.37. The van der Waals surface area contributed by atoms with Crippen molar-refractivity contribution < 1.29 is 4.79 Å². The van der Waals surface area contributed by atoms with Crippen LogP contribution in [0.1, 0.15) is 20.9 Å². The third-order valence-electron chi connectivity index (χ3n) is 3.51. The molecule has 0 bridgehead atoms. The van der Waals surface area contributed by atoms with Gasteiger partial charge in [0.1, 0.15) is 4.83 Å². The number of carbonyl (C=O) groups excluding carboxylic acids is 1. The quantitative estimate of drug-likeness (QED) is 0.708. The van der Waals surface area contributed by atoms with Crippen molar-refractivity contribution in [3.8, 4) is 0 Å². The highest BCUT2D eigenvalue weighted by Gasteiger charge is 2.16. The number of carbonyl (C=O) groups is 1. The SMILES string of the molecule is Cc1nn(Cc2ccc(Cl)cc2)c2sc(C(=O)NCCN)cc12.Cl. The molecule has 5 nitrogen and oxygen atoms in total. The number of nitrogens with two attached hydrogens (primary N) is 1. The highest BCUT2D eigenvalue weighted by atomic mass is 35.5. The zero-order chi connectivity index (χ0) is 16.4. The van der Waals surface area contributed by atoms with Gasteiger partial charge in [0.05, 0.1) is 17.1 Å². The summed E-state index contributed by atoms with van der Waals surface area (Å²) in [6.45, 7) is 3.50. The molecule has 0 fully saturated rings. The predicted octanol–water partition coefficient (Wildman–Crippen LogP) is 3.22. The molecule has 1 amide bonds. The van der Waals surface area contributed by atoms with Gasteiger partial charge < -0.3 is 11.1 Å². The molecule has 24 heavy (non-hydrogen) atoms. The van der Waals surface area contributed by atoms with Crippen molar-refractivity contribution in [1.29, 1.82) is 0 Å². The van der Waals surface area contributed by atoms with E-state index in [9.17, 15) is 4.79 Å². The van der Waals surface area contributed by atoms with Crippen LogP contribution < -0.4 is 11.1 Å². The van der Waals surface area contributed by atoms with Gasteiger partial charge in [-0.25, -0.2) is 0 Å². The molecule has 0 aliphatic rings. The van der Waals surface area contributed by atoms with E-state index in [-0.39, 0.29) is 18.3 Å². The van der Waals surface area contributed by atoms with E-state index in [0.717, 1.165) is 21.5 Å². The average Bonchev–Trinajstić information content (AvgIpc) is 3.09. The molecule has 0 saturated heterocycles. The minimum atomic E-state index is -0.0888. The summed E-state index contributed by atoms with van der Waals surface area (Å²) in [4.78, 5) is 13.8. The summed E-state index contributed by atoms with van der Waals surface area (Å²) >= 11 is 7.37. The molecule has 1 aromatic carbocycles. The minimum absolute atomic E-state index is 0. The number of aryl methyl sites for hydroxylation is 1. The van der Waals surface area contributed by atoms with Gasteiger partial charge >= 0.3 is 0 Å². The Hall–Kier alpha value is -1.60. The number of aromatic nitrogens is 2. The summed E-state index contributed by atoms with van der Waals surface area (Å²) in [5.41, 5.74) is 7.45. The molecule has 3 rings (SSSR count). The second-order valence-electron chi connectivity index (χ2n) is 5.24. The Morgan fingerprint density at radius 2 is 2.08 bits per heavy atom. The Morgan fingerprint density at radius 1 is 1.38 bits per heavy atom. The predicted molar refractivity (Wildman–Crippen MR) is 102 cm³/mol. The van der Waals surface area contributed by atoms with Crippen molar-refractivity contribution in [3.63, 3.8) is 0 Å². The van der Waals surface area contributed by atoms with Gasteiger partial charge in [-0.3, -0.25) is 9.48 Å². The number of nitrogens with zero attached hydrogens (tertiary/aromatic N) is 2. The molecule has 0 radical (unpaired) electrons. The molecule has 0 aliphatic heterocycles. The van der Waals surface area contributed by atoms with Crippen LogP contribution in [0.25, 0.3) is 10.2 Å². The third kappa shape index (κ3) is 3.89. The van der Waals surface area contributed by atoms with Crippen LogP contribution in [-0.4, -0.2) is 28.8 Å². The second kappa shape index (κ2) is 7.98. The molecule has 0 unspecified atom stereocenters. The smallest absolute Gasteiger partial charge is 0.261 e. The molecule has 2 heterocycles. The molecule has 8 heteroatoms. The summed E-state index contributed by atoms with van der Waals surface area (Å²) in [7, 11) is 0. The van der Waals surface area contributed by atoms with Crippen LogP contribution in [0.4, 0.5) is 0 Å². The molecule has 3 N–H and O–H groups in total. The van der Waals surface area contributed by atoms with E-state index in [0.29, 0.717) is 29.5 Å². The van der Waals surface area contributed by atoms with Gasteiger partial charge in [-0.2, -0.15) is 5.10 Å². The Kier molecular flexibility index (Phi) is 6.23. The van der Waals surface area contributed by atoms with Gasteiger partial charge in [-0.1, -0.05) is 23.7 Å². The normalized spacial score (nSPS) is 10.6. The van der Waals surface area contributed by atoms with Crippen LogP contribution in [0.2, 0.25) is 5.02 Å². The largest absolute Gasteiger partial charge is 0.350 e. The van der Waals surface area contributed by atoms with Gasteiger partial charge in [-0.15, -0.1) is 23.7 Å². The Morgan fingerprint density at radius 3 is 2.75 bits per heavy atom. The highest BCUT2D eigenvalue weighted by molar-refractivity contribution is 7.20. The summed E-state index contributed by atoms with van der Waals surface area (Å²) < 4.78 is 1.93. The van der Waals surface area contributed by atoms with Crippen molar-refractivity contribution in [2.24, 2.45) is 5.73 Å². The van der Waals surface area contributed by atoms with Gasteiger partial charge in [-0.05, 0) is 30.7 Å². The Bertz CT molecular complexity index is 842. The number of nitrogens with one attached hydrogen (secondary N) is 1. The van der Waals surface area contributed by atoms with Gasteiger partial charge in [0.2, 0.25) is 0 Å². The molecule has 0 spiro atoms. The topological polar surface area (TPSA) is 72.9 Å².